The lowest BCUT2D eigenvalue weighted by Gasteiger charge is -1.96. The Morgan fingerprint density at radius 2 is 2.29 bits per heavy atom. The molecular weight excluding hydrogens is 236 g/mol. The minimum atomic E-state index is 0.306. The lowest BCUT2D eigenvalue weighted by atomic mass is 10.3. The van der Waals surface area contributed by atoms with Crippen LogP contribution in [0.25, 0.3) is 20.8 Å². The molecule has 0 saturated carbocycles. The number of rotatable bonds is 2. The third kappa shape index (κ3) is 1.69. The topological polar surface area (TPSA) is 93.4 Å². The predicted octanol–water partition coefficient (Wildman–Crippen LogP) is 1.24. The molecule has 0 bridgehead atoms. The van der Waals surface area contributed by atoms with Crippen LogP contribution in [0.3, 0.4) is 0 Å². The van der Waals surface area contributed by atoms with Crippen molar-refractivity contribution in [1.29, 1.82) is 0 Å². The van der Waals surface area contributed by atoms with E-state index in [1.165, 1.54) is 0 Å². The van der Waals surface area contributed by atoms with Gasteiger partial charge < -0.3 is 5.73 Å². The molecule has 7 heteroatoms. The fourth-order valence-electron chi connectivity index (χ4n) is 1.56. The van der Waals surface area contributed by atoms with Crippen LogP contribution in [0.4, 0.5) is 0 Å². The van der Waals surface area contributed by atoms with Gasteiger partial charge >= 0.3 is 0 Å². The first-order chi connectivity index (χ1) is 8.28. The summed E-state index contributed by atoms with van der Waals surface area (Å²) >= 11 is 1.57. The molecule has 0 aromatic carbocycles. The molecule has 0 spiro atoms. The summed E-state index contributed by atoms with van der Waals surface area (Å²) in [5.41, 5.74) is 7.24. The van der Waals surface area contributed by atoms with Gasteiger partial charge in [0, 0.05) is 11.1 Å². The highest BCUT2D eigenvalue weighted by atomic mass is 32.1. The Labute approximate surface area is 101 Å². The zero-order valence-electron chi connectivity index (χ0n) is 9.14. The van der Waals surface area contributed by atoms with Crippen LogP contribution < -0.4 is 5.73 Å². The maximum Gasteiger partial charge on any atom is 0.164 e. The van der Waals surface area contributed by atoms with Crippen LogP contribution in [0.15, 0.2) is 12.3 Å². The number of nitrogens with zero attached hydrogens (tertiary/aromatic N) is 4. The van der Waals surface area contributed by atoms with Crippen molar-refractivity contribution in [3.05, 3.63) is 23.8 Å². The zero-order chi connectivity index (χ0) is 11.8. The molecule has 0 saturated heterocycles. The van der Waals surface area contributed by atoms with Crippen LogP contribution in [0.2, 0.25) is 0 Å². The number of hydrogen-bond acceptors (Lipinski definition) is 6. The molecule has 0 aliphatic carbocycles. The summed E-state index contributed by atoms with van der Waals surface area (Å²) < 4.78 is 0. The van der Waals surface area contributed by atoms with Crippen LogP contribution in [-0.2, 0) is 6.54 Å². The fraction of sp³-hybridized carbons (Fsp3) is 0.200. The smallest absolute Gasteiger partial charge is 0.164 e. The van der Waals surface area contributed by atoms with Gasteiger partial charge in [-0.25, -0.2) is 4.98 Å². The second-order valence-electron chi connectivity index (χ2n) is 3.64. The molecular formula is C10H10N6S. The van der Waals surface area contributed by atoms with Gasteiger partial charge in [0.25, 0.3) is 0 Å². The number of aromatic amines is 1. The van der Waals surface area contributed by atoms with E-state index in [1.54, 1.807) is 17.5 Å². The first-order valence-electron chi connectivity index (χ1n) is 5.11. The summed E-state index contributed by atoms with van der Waals surface area (Å²) in [6, 6.07) is 2.05. The summed E-state index contributed by atoms with van der Waals surface area (Å²) in [6.45, 7) is 2.30. The molecule has 3 N–H and O–H groups in total. The van der Waals surface area contributed by atoms with Gasteiger partial charge in [0.2, 0.25) is 0 Å². The molecule has 0 fully saturated rings. The Bertz CT molecular complexity index is 653. The third-order valence-electron chi connectivity index (χ3n) is 2.49. The van der Waals surface area contributed by atoms with Crippen molar-refractivity contribution in [2.75, 3.05) is 0 Å². The van der Waals surface area contributed by atoms with E-state index in [1.807, 2.05) is 13.0 Å². The summed E-state index contributed by atoms with van der Waals surface area (Å²) in [4.78, 5) is 6.12. The van der Waals surface area contributed by atoms with Crippen LogP contribution in [0.1, 0.15) is 11.5 Å². The quantitative estimate of drug-likeness (QED) is 0.709. The van der Waals surface area contributed by atoms with E-state index in [9.17, 15) is 0 Å². The molecule has 0 radical (unpaired) electrons. The Morgan fingerprint density at radius 3 is 2.94 bits per heavy atom. The van der Waals surface area contributed by atoms with Crippen molar-refractivity contribution in [2.45, 2.75) is 13.5 Å². The van der Waals surface area contributed by atoms with E-state index in [0.717, 1.165) is 26.5 Å². The van der Waals surface area contributed by atoms with Gasteiger partial charge in [-0.2, -0.15) is 5.10 Å². The van der Waals surface area contributed by atoms with E-state index in [2.05, 4.69) is 25.4 Å². The van der Waals surface area contributed by atoms with Gasteiger partial charge in [0.1, 0.15) is 10.5 Å². The minimum Gasteiger partial charge on any atom is -0.324 e. The molecule has 0 aliphatic rings. The molecule has 0 amide bonds. The molecule has 0 unspecified atom stereocenters. The van der Waals surface area contributed by atoms with Crippen molar-refractivity contribution in [3.8, 4) is 10.6 Å². The Hall–Kier alpha value is -1.86. The maximum atomic E-state index is 5.43. The van der Waals surface area contributed by atoms with E-state index in [4.69, 9.17) is 5.73 Å². The lowest BCUT2D eigenvalue weighted by molar-refractivity contribution is 0.836. The normalized spacial score (nSPS) is 11.2. The van der Waals surface area contributed by atoms with Crippen LogP contribution in [0.5, 0.6) is 0 Å². The second-order valence-corrected chi connectivity index (χ2v) is 4.67. The summed E-state index contributed by atoms with van der Waals surface area (Å²) in [5, 5.41) is 16.3. The van der Waals surface area contributed by atoms with E-state index in [0.29, 0.717) is 12.4 Å². The molecule has 3 heterocycles. The van der Waals surface area contributed by atoms with Crippen molar-refractivity contribution >= 4 is 21.6 Å². The van der Waals surface area contributed by atoms with Gasteiger partial charge in [0.05, 0.1) is 17.6 Å². The number of H-pyrrole nitrogens is 1. The van der Waals surface area contributed by atoms with Gasteiger partial charge in [-0.05, 0) is 13.0 Å². The third-order valence-corrected chi connectivity index (χ3v) is 3.54. The standard InChI is InChI=1S/C10H10N6S/c1-5-6-2-8(17-10(6)16-13-5)7-4-12-9(3-11)15-14-7/h2,4H,3,11H2,1H3,(H,13,16). The average Bonchev–Trinajstić information content (AvgIpc) is 2.92. The molecule has 86 valence electrons. The fourth-order valence-corrected chi connectivity index (χ4v) is 2.56. The van der Waals surface area contributed by atoms with Crippen LogP contribution in [0, 0.1) is 6.92 Å². The minimum absolute atomic E-state index is 0.306. The van der Waals surface area contributed by atoms with Crippen molar-refractivity contribution in [1.82, 2.24) is 25.4 Å². The van der Waals surface area contributed by atoms with Gasteiger partial charge in [0.15, 0.2) is 5.82 Å². The number of nitrogens with one attached hydrogen (secondary N) is 1. The Kier molecular flexibility index (Phi) is 2.34. The number of aromatic nitrogens is 5. The van der Waals surface area contributed by atoms with Crippen molar-refractivity contribution < 1.29 is 0 Å². The molecule has 3 aromatic rings. The van der Waals surface area contributed by atoms with Crippen molar-refractivity contribution in [2.24, 2.45) is 5.73 Å². The number of fused-ring (bicyclic) bond motifs is 1. The van der Waals surface area contributed by atoms with Gasteiger partial charge in [-0.15, -0.1) is 21.5 Å². The summed E-state index contributed by atoms with van der Waals surface area (Å²) in [5.74, 6) is 0.548. The SMILES string of the molecule is Cc1[nH]nc2sc(-c3cnc(CN)nn3)cc12. The van der Waals surface area contributed by atoms with E-state index < -0.39 is 0 Å². The maximum absolute atomic E-state index is 5.43. The highest BCUT2D eigenvalue weighted by Gasteiger charge is 2.10. The van der Waals surface area contributed by atoms with E-state index >= 15 is 0 Å². The predicted molar refractivity (Wildman–Crippen MR) is 65.4 cm³/mol. The van der Waals surface area contributed by atoms with E-state index in [-0.39, 0.29) is 0 Å². The van der Waals surface area contributed by atoms with Crippen LogP contribution in [-0.4, -0.2) is 25.4 Å². The molecule has 0 aliphatic heterocycles. The number of hydrogen-bond donors (Lipinski definition) is 2. The first-order valence-corrected chi connectivity index (χ1v) is 5.93. The van der Waals surface area contributed by atoms with Gasteiger partial charge in [-0.3, -0.25) is 5.10 Å². The highest BCUT2D eigenvalue weighted by molar-refractivity contribution is 7.21. The Morgan fingerprint density at radius 1 is 1.41 bits per heavy atom. The molecule has 3 aromatic heterocycles. The average molecular weight is 246 g/mol. The number of nitrogens with two attached hydrogens (primary N) is 1. The summed E-state index contributed by atoms with van der Waals surface area (Å²) in [6.07, 6.45) is 1.69. The molecule has 3 rings (SSSR count). The monoisotopic (exact) mass is 246 g/mol. The van der Waals surface area contributed by atoms with Gasteiger partial charge in [-0.1, -0.05) is 0 Å². The van der Waals surface area contributed by atoms with Crippen LogP contribution >= 0.6 is 11.3 Å². The Balaban J connectivity index is 2.07. The molecule has 0 atom stereocenters. The first kappa shape index (κ1) is 10.3. The van der Waals surface area contributed by atoms with Crippen molar-refractivity contribution in [3.63, 3.8) is 0 Å². The second kappa shape index (κ2) is 3.86. The largest absolute Gasteiger partial charge is 0.324 e. The summed E-state index contributed by atoms with van der Waals surface area (Å²) in [7, 11) is 0. The lowest BCUT2D eigenvalue weighted by Crippen LogP contribution is -2.04. The zero-order valence-corrected chi connectivity index (χ0v) is 9.95. The highest BCUT2D eigenvalue weighted by Crippen LogP contribution is 2.31. The number of aryl methyl sites for hydroxylation is 1. The molecule has 17 heavy (non-hydrogen) atoms. The number of thiophene rings is 1. The molecule has 6 nitrogen and oxygen atoms in total.